The van der Waals surface area contributed by atoms with Crippen LogP contribution in [0.4, 0.5) is 23.9 Å². The maximum absolute atomic E-state index is 13.7. The molecule has 46 heavy (non-hydrogen) atoms. The number of anilines is 1. The lowest BCUT2D eigenvalue weighted by Gasteiger charge is -2.23. The summed E-state index contributed by atoms with van der Waals surface area (Å²) in [5.74, 6) is 0.00615. The molecule has 2 amide bonds. The number of carbonyl (C=O) groups excluding carboxylic acids is 1. The molecule has 1 aliphatic rings. The van der Waals surface area contributed by atoms with Crippen LogP contribution in [0.15, 0.2) is 67.0 Å². The number of fused-ring (bicyclic) bond motifs is 1. The molecule has 1 atom stereocenters. The number of hydrogen-bond donors (Lipinski definition) is 4. The number of carbonyl (C=O) groups is 2. The number of carboxylic acid groups (broad SMARTS) is 1. The first-order chi connectivity index (χ1) is 22.1. The van der Waals surface area contributed by atoms with Crippen LogP contribution in [0, 0.1) is 18.3 Å². The van der Waals surface area contributed by atoms with Gasteiger partial charge in [-0.2, -0.15) is 28.5 Å². The van der Waals surface area contributed by atoms with Crippen LogP contribution in [0.25, 0.3) is 33.7 Å². The van der Waals surface area contributed by atoms with E-state index in [0.717, 1.165) is 31.5 Å². The van der Waals surface area contributed by atoms with Gasteiger partial charge in [0.1, 0.15) is 0 Å². The Kier molecular flexibility index (Phi) is 9.29. The number of urea groups is 1. The second-order valence-electron chi connectivity index (χ2n) is 10.4. The molecule has 0 spiro atoms. The van der Waals surface area contributed by atoms with Crippen molar-refractivity contribution < 1.29 is 27.9 Å². The number of nitriles is 1. The lowest BCUT2D eigenvalue weighted by Crippen LogP contribution is -2.47. The van der Waals surface area contributed by atoms with E-state index in [2.05, 4.69) is 37.2 Å². The Morgan fingerprint density at radius 1 is 1.20 bits per heavy atom. The van der Waals surface area contributed by atoms with Crippen molar-refractivity contribution in [3.8, 4) is 34.1 Å². The fraction of sp³-hybridized carbons (Fsp3) is 0.226. The highest BCUT2D eigenvalue weighted by atomic mass is 19.4. The van der Waals surface area contributed by atoms with Gasteiger partial charge in [0, 0.05) is 29.9 Å². The predicted molar refractivity (Wildman–Crippen MR) is 162 cm³/mol. The smallest absolute Gasteiger partial charge is 0.416 e. The monoisotopic (exact) mass is 631 g/mol. The quantitative estimate of drug-likeness (QED) is 0.197. The molecule has 3 aromatic heterocycles. The Labute approximate surface area is 260 Å². The zero-order valence-corrected chi connectivity index (χ0v) is 24.4. The van der Waals surface area contributed by atoms with Crippen LogP contribution in [0.3, 0.4) is 0 Å². The van der Waals surface area contributed by atoms with Crippen molar-refractivity contribution in [3.05, 3.63) is 83.7 Å². The van der Waals surface area contributed by atoms with E-state index < -0.39 is 17.8 Å². The molecule has 0 radical (unpaired) electrons. The summed E-state index contributed by atoms with van der Waals surface area (Å²) in [4.78, 5) is 25.6. The van der Waals surface area contributed by atoms with Gasteiger partial charge in [-0.25, -0.2) is 14.0 Å². The van der Waals surface area contributed by atoms with Crippen molar-refractivity contribution in [3.63, 3.8) is 0 Å². The van der Waals surface area contributed by atoms with Crippen LogP contribution in [0.5, 0.6) is 0 Å². The fourth-order valence-corrected chi connectivity index (χ4v) is 5.30. The molecule has 12 nitrogen and oxygen atoms in total. The normalized spacial score (nSPS) is 14.5. The molecule has 2 aromatic carbocycles. The van der Waals surface area contributed by atoms with Gasteiger partial charge in [-0.3, -0.25) is 10.1 Å². The number of amides is 2. The predicted octanol–water partition coefficient (Wildman–Crippen LogP) is 5.02. The number of aromatic nitrogens is 5. The molecule has 236 valence electrons. The molecule has 1 fully saturated rings. The first-order valence-electron chi connectivity index (χ1n) is 14.1. The lowest BCUT2D eigenvalue weighted by molar-refractivity contribution is -0.137. The van der Waals surface area contributed by atoms with E-state index in [1.807, 2.05) is 0 Å². The first-order valence-corrected chi connectivity index (χ1v) is 14.1. The molecule has 1 aliphatic heterocycles. The number of alkyl halides is 3. The molecule has 15 heteroatoms. The van der Waals surface area contributed by atoms with E-state index in [-0.39, 0.29) is 24.1 Å². The van der Waals surface area contributed by atoms with Crippen molar-refractivity contribution >= 4 is 24.1 Å². The lowest BCUT2D eigenvalue weighted by atomic mass is 9.95. The summed E-state index contributed by atoms with van der Waals surface area (Å²) < 4.78 is 44.3. The average molecular weight is 632 g/mol. The molecule has 0 aliphatic carbocycles. The standard InChI is InChI=1S/C30H26F3N9O.CH2O2/c1-18-24(25-11-13-36-42(25)23-9-7-19(15-34)8-10-23)17-41-27(26(18)20-4-2-5-21(14-20)30(31,32)33)38-28(40-41)39-29(43)37-22-6-3-12-35-16-22;2-1-3/h2,4-5,7-11,13-14,17,22,35H,3,6,12,16H2,1H3,(H2,37,39,40,43);1H,(H,2,3). The highest BCUT2D eigenvalue weighted by Gasteiger charge is 2.31. The number of piperidine rings is 1. The highest BCUT2D eigenvalue weighted by Crippen LogP contribution is 2.38. The topological polar surface area (TPSA) is 162 Å². The van der Waals surface area contributed by atoms with E-state index >= 15 is 0 Å². The van der Waals surface area contributed by atoms with Gasteiger partial charge in [-0.15, -0.1) is 5.10 Å². The van der Waals surface area contributed by atoms with Crippen LogP contribution in [0.2, 0.25) is 0 Å². The zero-order chi connectivity index (χ0) is 32.8. The molecule has 0 bridgehead atoms. The molecule has 4 heterocycles. The molecular formula is C31H28F3N9O3. The Balaban J connectivity index is 0.00000134. The first kappa shape index (κ1) is 31.7. The number of pyridine rings is 1. The van der Waals surface area contributed by atoms with Crippen LogP contribution < -0.4 is 16.0 Å². The number of nitrogens with one attached hydrogen (secondary N) is 3. The zero-order valence-electron chi connectivity index (χ0n) is 24.4. The number of hydrogen-bond acceptors (Lipinski definition) is 7. The van der Waals surface area contributed by atoms with E-state index in [1.54, 1.807) is 60.4 Å². The van der Waals surface area contributed by atoms with E-state index in [1.165, 1.54) is 10.6 Å². The summed E-state index contributed by atoms with van der Waals surface area (Å²) in [6, 6.07) is 15.3. The number of nitrogens with zero attached hydrogens (tertiary/aromatic N) is 6. The molecule has 5 aromatic rings. The van der Waals surface area contributed by atoms with Crippen LogP contribution >= 0.6 is 0 Å². The summed E-state index contributed by atoms with van der Waals surface area (Å²) in [6.45, 7) is 3.10. The Bertz CT molecular complexity index is 1900. The third-order valence-corrected chi connectivity index (χ3v) is 7.38. The number of benzene rings is 2. The highest BCUT2D eigenvalue weighted by molar-refractivity contribution is 5.90. The van der Waals surface area contributed by atoms with Gasteiger partial charge in [0.2, 0.25) is 0 Å². The Hall–Kier alpha value is -5.75. The van der Waals surface area contributed by atoms with Crippen LogP contribution in [-0.2, 0) is 11.0 Å². The molecule has 6 rings (SSSR count). The Morgan fingerprint density at radius 3 is 2.63 bits per heavy atom. The minimum atomic E-state index is -4.54. The largest absolute Gasteiger partial charge is 0.483 e. The minimum absolute atomic E-state index is 0.00615. The third kappa shape index (κ3) is 6.81. The van der Waals surface area contributed by atoms with Gasteiger partial charge in [0.15, 0.2) is 5.65 Å². The van der Waals surface area contributed by atoms with Crippen LogP contribution in [-0.4, -0.2) is 61.1 Å². The van der Waals surface area contributed by atoms with Crippen molar-refractivity contribution in [2.75, 3.05) is 18.4 Å². The second-order valence-corrected chi connectivity index (χ2v) is 10.4. The maximum atomic E-state index is 13.7. The van der Waals surface area contributed by atoms with E-state index in [0.29, 0.717) is 45.7 Å². The number of rotatable bonds is 5. The summed E-state index contributed by atoms with van der Waals surface area (Å²) in [5.41, 5.74) is 3.30. The fourth-order valence-electron chi connectivity index (χ4n) is 5.30. The van der Waals surface area contributed by atoms with Gasteiger partial charge in [-0.1, -0.05) is 12.1 Å². The van der Waals surface area contributed by atoms with Gasteiger partial charge in [0.25, 0.3) is 12.4 Å². The molecule has 4 N–H and O–H groups in total. The van der Waals surface area contributed by atoms with E-state index in [4.69, 9.17) is 9.90 Å². The average Bonchev–Trinajstić information content (AvgIpc) is 3.68. The van der Waals surface area contributed by atoms with Gasteiger partial charge < -0.3 is 15.7 Å². The van der Waals surface area contributed by atoms with Gasteiger partial charge >= 0.3 is 12.2 Å². The molecular weight excluding hydrogens is 603 g/mol. The molecule has 1 saturated heterocycles. The molecule has 0 saturated carbocycles. The molecule has 1 unspecified atom stereocenters. The van der Waals surface area contributed by atoms with Gasteiger partial charge in [0.05, 0.1) is 34.8 Å². The number of halogens is 3. The second kappa shape index (κ2) is 13.5. The van der Waals surface area contributed by atoms with Crippen LogP contribution in [0.1, 0.15) is 29.5 Å². The van der Waals surface area contributed by atoms with Crippen molar-refractivity contribution in [1.29, 1.82) is 5.26 Å². The SMILES string of the molecule is Cc1c(-c2ccnn2-c2ccc(C#N)cc2)cn2nc(NC(=O)NC3CCCNC3)nc2c1-c1cccc(C(F)(F)F)c1.O=CO. The maximum Gasteiger partial charge on any atom is 0.416 e. The summed E-state index contributed by atoms with van der Waals surface area (Å²) in [7, 11) is 0. The summed E-state index contributed by atoms with van der Waals surface area (Å²) >= 11 is 0. The minimum Gasteiger partial charge on any atom is -0.483 e. The van der Waals surface area contributed by atoms with E-state index in [9.17, 15) is 23.2 Å². The Morgan fingerprint density at radius 2 is 1.96 bits per heavy atom. The summed E-state index contributed by atoms with van der Waals surface area (Å²) in [5, 5.41) is 33.8. The van der Waals surface area contributed by atoms with Gasteiger partial charge in [-0.05, 0) is 79.9 Å². The van der Waals surface area contributed by atoms with Crippen molar-refractivity contribution in [2.24, 2.45) is 0 Å². The third-order valence-electron chi connectivity index (χ3n) is 7.38. The van der Waals surface area contributed by atoms with Crippen molar-refractivity contribution in [2.45, 2.75) is 32.0 Å². The van der Waals surface area contributed by atoms with Crippen molar-refractivity contribution in [1.82, 2.24) is 35.0 Å². The summed E-state index contributed by atoms with van der Waals surface area (Å²) in [6.07, 6.45) is 0.561.